The van der Waals surface area contributed by atoms with Gasteiger partial charge in [0.2, 0.25) is 0 Å². The van der Waals surface area contributed by atoms with Crippen LogP contribution in [0.5, 0.6) is 5.75 Å². The number of aromatic nitrogens is 3. The van der Waals surface area contributed by atoms with Gasteiger partial charge in [0.15, 0.2) is 5.82 Å². The third kappa shape index (κ3) is 3.62. The molecule has 1 aliphatic carbocycles. The molecule has 6 heteroatoms. The van der Waals surface area contributed by atoms with Crippen molar-refractivity contribution in [2.24, 2.45) is 0 Å². The summed E-state index contributed by atoms with van der Waals surface area (Å²) in [4.78, 5) is 12.9. The minimum absolute atomic E-state index is 0.132. The summed E-state index contributed by atoms with van der Waals surface area (Å²) in [6.07, 6.45) is 8.36. The number of carbonyl (C=O) groups is 1. The van der Waals surface area contributed by atoms with E-state index in [1.54, 1.807) is 7.11 Å². The summed E-state index contributed by atoms with van der Waals surface area (Å²) >= 11 is 0. The quantitative estimate of drug-likeness (QED) is 0.382. The van der Waals surface area contributed by atoms with Crippen LogP contribution in [0.25, 0.3) is 27.5 Å². The maximum atomic E-state index is 12.9. The number of ether oxygens (including phenoxy) is 1. The van der Waals surface area contributed by atoms with E-state index in [0.717, 1.165) is 52.1 Å². The van der Waals surface area contributed by atoms with Crippen LogP contribution in [-0.2, 0) is 24.2 Å². The average Bonchev–Trinajstić information content (AvgIpc) is 3.54. The molecule has 1 aliphatic rings. The number of ketones is 1. The molecule has 0 saturated carbocycles. The van der Waals surface area contributed by atoms with Crippen molar-refractivity contribution in [2.75, 3.05) is 7.11 Å². The van der Waals surface area contributed by atoms with Gasteiger partial charge in [0.1, 0.15) is 28.5 Å². The Hall–Kier alpha value is -3.67. The Labute approximate surface area is 186 Å². The predicted molar refractivity (Wildman–Crippen MR) is 125 cm³/mol. The normalized spacial score (nSPS) is 13.2. The second-order valence-electron chi connectivity index (χ2n) is 7.98. The Morgan fingerprint density at radius 1 is 1.16 bits per heavy atom. The van der Waals surface area contributed by atoms with Crippen LogP contribution in [0.4, 0.5) is 0 Å². The first-order valence-corrected chi connectivity index (χ1v) is 11.0. The van der Waals surface area contributed by atoms with Gasteiger partial charge in [0.25, 0.3) is 0 Å². The molecule has 4 aromatic rings. The van der Waals surface area contributed by atoms with Crippen LogP contribution in [-0.4, -0.2) is 27.7 Å². The zero-order chi connectivity index (χ0) is 22.1. The van der Waals surface area contributed by atoms with Crippen LogP contribution in [0.15, 0.2) is 59.0 Å². The van der Waals surface area contributed by atoms with Crippen LogP contribution in [0.3, 0.4) is 0 Å². The van der Waals surface area contributed by atoms with Crippen LogP contribution in [0.2, 0.25) is 0 Å². The molecule has 0 saturated heterocycles. The van der Waals surface area contributed by atoms with E-state index >= 15 is 0 Å². The van der Waals surface area contributed by atoms with Gasteiger partial charge < -0.3 is 13.7 Å². The van der Waals surface area contributed by atoms with Crippen LogP contribution >= 0.6 is 0 Å². The molecule has 2 heterocycles. The monoisotopic (exact) mass is 427 g/mol. The molecule has 0 atom stereocenters. The first-order chi connectivity index (χ1) is 15.7. The van der Waals surface area contributed by atoms with Gasteiger partial charge in [0.05, 0.1) is 7.11 Å². The third-order valence-corrected chi connectivity index (χ3v) is 6.00. The van der Waals surface area contributed by atoms with Gasteiger partial charge in [-0.2, -0.15) is 0 Å². The topological polar surface area (TPSA) is 70.2 Å². The molecule has 0 unspecified atom stereocenters. The number of methoxy groups -OCH3 is 1. The summed E-state index contributed by atoms with van der Waals surface area (Å²) in [5, 5.41) is 10.8. The lowest BCUT2D eigenvalue weighted by atomic mass is 10.0. The van der Waals surface area contributed by atoms with Crippen molar-refractivity contribution >= 4 is 33.3 Å². The highest BCUT2D eigenvalue weighted by molar-refractivity contribution is 6.05. The summed E-state index contributed by atoms with van der Waals surface area (Å²) in [5.74, 6) is 2.59. The second kappa shape index (κ2) is 8.46. The molecule has 0 bridgehead atoms. The molecule has 2 aromatic carbocycles. The molecule has 0 aliphatic heterocycles. The number of Topliss-reactive ketones (excluding diaryl/α,β-unsaturated/α-hetero) is 1. The van der Waals surface area contributed by atoms with Crippen molar-refractivity contribution in [3.05, 3.63) is 71.8 Å². The Bertz CT molecular complexity index is 1370. The standard InChI is InChI=1S/C26H25N3O3/c1-3-29-25(27-28-26(29)17-8-4-5-9-17)13-12-19(30)14-18-15-24-21(16-23(18)31-2)20-10-6-7-11-22(20)32-24/h4-8,10-11,15-16H,3,9,12-14H2,1-2H3. The van der Waals surface area contributed by atoms with Crippen molar-refractivity contribution in [1.29, 1.82) is 0 Å². The first-order valence-electron chi connectivity index (χ1n) is 11.0. The molecule has 0 spiro atoms. The summed E-state index contributed by atoms with van der Waals surface area (Å²) in [6, 6.07) is 11.8. The lowest BCUT2D eigenvalue weighted by Gasteiger charge is -2.09. The van der Waals surface area contributed by atoms with Gasteiger partial charge in [-0.3, -0.25) is 4.79 Å². The van der Waals surface area contributed by atoms with E-state index < -0.39 is 0 Å². The second-order valence-corrected chi connectivity index (χ2v) is 7.98. The fourth-order valence-corrected chi connectivity index (χ4v) is 4.38. The Morgan fingerprint density at radius 3 is 2.81 bits per heavy atom. The van der Waals surface area contributed by atoms with Crippen molar-refractivity contribution in [3.63, 3.8) is 0 Å². The van der Waals surface area contributed by atoms with Crippen molar-refractivity contribution in [1.82, 2.24) is 14.8 Å². The first kappa shape index (κ1) is 20.2. The fourth-order valence-electron chi connectivity index (χ4n) is 4.38. The highest BCUT2D eigenvalue weighted by Gasteiger charge is 2.18. The molecule has 0 fully saturated rings. The number of hydrogen-bond acceptors (Lipinski definition) is 5. The molecule has 2 aromatic heterocycles. The largest absolute Gasteiger partial charge is 0.496 e. The van der Waals surface area contributed by atoms with E-state index in [0.29, 0.717) is 25.0 Å². The number of allylic oxidation sites excluding steroid dienone is 4. The lowest BCUT2D eigenvalue weighted by molar-refractivity contribution is -0.118. The van der Waals surface area contributed by atoms with Gasteiger partial charge >= 0.3 is 0 Å². The van der Waals surface area contributed by atoms with E-state index in [-0.39, 0.29) is 5.78 Å². The van der Waals surface area contributed by atoms with E-state index in [4.69, 9.17) is 9.15 Å². The number of para-hydroxylation sites is 1. The van der Waals surface area contributed by atoms with E-state index in [1.807, 2.05) is 42.5 Å². The van der Waals surface area contributed by atoms with E-state index in [2.05, 4.69) is 33.8 Å². The smallest absolute Gasteiger partial charge is 0.160 e. The minimum atomic E-state index is 0.132. The minimum Gasteiger partial charge on any atom is -0.496 e. The molecule has 0 N–H and O–H groups in total. The molecular formula is C26H25N3O3. The Kier molecular flexibility index (Phi) is 5.35. The summed E-state index contributed by atoms with van der Waals surface area (Å²) < 4.78 is 13.7. The van der Waals surface area contributed by atoms with Crippen LogP contribution in [0.1, 0.15) is 37.0 Å². The maximum Gasteiger partial charge on any atom is 0.160 e. The Morgan fingerprint density at radius 2 is 2.03 bits per heavy atom. The number of hydrogen-bond donors (Lipinski definition) is 0. The van der Waals surface area contributed by atoms with Gasteiger partial charge in [-0.15, -0.1) is 10.2 Å². The fraction of sp³-hybridized carbons (Fsp3) is 0.269. The van der Waals surface area contributed by atoms with Crippen LogP contribution in [0, 0.1) is 0 Å². The SMILES string of the molecule is CCn1c(CCC(=O)Cc2cc3oc4ccccc4c3cc2OC)nnc1C1=CC=CC1. The average molecular weight is 428 g/mol. The van der Waals surface area contributed by atoms with Crippen molar-refractivity contribution in [2.45, 2.75) is 39.2 Å². The highest BCUT2D eigenvalue weighted by atomic mass is 16.5. The third-order valence-electron chi connectivity index (χ3n) is 6.00. The number of furan rings is 1. The van der Waals surface area contributed by atoms with Gasteiger partial charge in [-0.1, -0.05) is 36.4 Å². The number of fused-ring (bicyclic) bond motifs is 3. The number of aryl methyl sites for hydroxylation is 1. The summed E-state index contributed by atoms with van der Waals surface area (Å²) in [5.41, 5.74) is 3.60. The van der Waals surface area contributed by atoms with Gasteiger partial charge in [-0.25, -0.2) is 0 Å². The zero-order valence-electron chi connectivity index (χ0n) is 18.3. The predicted octanol–water partition coefficient (Wildman–Crippen LogP) is 5.29. The van der Waals surface area contributed by atoms with Gasteiger partial charge in [-0.05, 0) is 31.5 Å². The Balaban J connectivity index is 1.33. The summed E-state index contributed by atoms with van der Waals surface area (Å²) in [6.45, 7) is 2.86. The number of benzene rings is 2. The number of rotatable bonds is 8. The van der Waals surface area contributed by atoms with Crippen LogP contribution < -0.4 is 4.74 Å². The number of carbonyl (C=O) groups excluding carboxylic acids is 1. The molecule has 5 rings (SSSR count). The molecule has 0 radical (unpaired) electrons. The highest BCUT2D eigenvalue weighted by Crippen LogP contribution is 2.34. The zero-order valence-corrected chi connectivity index (χ0v) is 18.3. The molecule has 0 amide bonds. The number of nitrogens with zero attached hydrogens (tertiary/aromatic N) is 3. The van der Waals surface area contributed by atoms with E-state index in [1.165, 1.54) is 5.57 Å². The molecule has 162 valence electrons. The maximum absolute atomic E-state index is 12.9. The molecule has 32 heavy (non-hydrogen) atoms. The molecular weight excluding hydrogens is 402 g/mol. The van der Waals surface area contributed by atoms with Crippen molar-refractivity contribution in [3.8, 4) is 5.75 Å². The molecule has 6 nitrogen and oxygen atoms in total. The lowest BCUT2D eigenvalue weighted by Crippen LogP contribution is -2.10. The van der Waals surface area contributed by atoms with Crippen molar-refractivity contribution < 1.29 is 13.9 Å². The van der Waals surface area contributed by atoms with Gasteiger partial charge in [0, 0.05) is 47.7 Å². The summed E-state index contributed by atoms with van der Waals surface area (Å²) in [7, 11) is 1.63. The van der Waals surface area contributed by atoms with E-state index in [9.17, 15) is 4.79 Å².